The minimum Gasteiger partial charge on any atom is -0.457 e. The van der Waals surface area contributed by atoms with Gasteiger partial charge in [0.2, 0.25) is 0 Å². The molecule has 2 amide bonds. The Morgan fingerprint density at radius 1 is 0.542 bits per heavy atom. The van der Waals surface area contributed by atoms with Crippen LogP contribution in [0.2, 0.25) is 0 Å². The molecular formula is C43H54N4O10S2. The van der Waals surface area contributed by atoms with Gasteiger partial charge in [0.05, 0.1) is 9.79 Å². The smallest absolute Gasteiger partial charge is 0.265 e. The summed E-state index contributed by atoms with van der Waals surface area (Å²) >= 11 is 0. The van der Waals surface area contributed by atoms with Gasteiger partial charge in [-0.25, -0.2) is 27.8 Å². The van der Waals surface area contributed by atoms with Gasteiger partial charge in [-0.05, 0) is 133 Å². The second-order valence-electron chi connectivity index (χ2n) is 15.4. The van der Waals surface area contributed by atoms with E-state index >= 15 is 0 Å². The highest BCUT2D eigenvalue weighted by Gasteiger charge is 2.54. The first-order chi connectivity index (χ1) is 28.0. The lowest BCUT2D eigenvalue weighted by Gasteiger charge is -2.40. The molecule has 0 aromatic heterocycles. The van der Waals surface area contributed by atoms with E-state index in [0.29, 0.717) is 49.2 Å². The van der Waals surface area contributed by atoms with Crippen LogP contribution in [0.3, 0.4) is 0 Å². The highest BCUT2D eigenvalue weighted by molar-refractivity contribution is 7.94. The number of carbonyl (C=O) groups is 2. The Labute approximate surface area is 346 Å². The number of ether oxygens (including phenoxy) is 2. The van der Waals surface area contributed by atoms with Gasteiger partial charge in [0.1, 0.15) is 23.0 Å². The van der Waals surface area contributed by atoms with Crippen molar-refractivity contribution in [2.75, 3.05) is 26.2 Å². The van der Waals surface area contributed by atoms with Gasteiger partial charge in [0.15, 0.2) is 29.2 Å². The number of piperidine rings is 2. The topological polar surface area (TPSA) is 192 Å². The highest BCUT2D eigenvalue weighted by atomic mass is 32.2. The van der Waals surface area contributed by atoms with Gasteiger partial charge in [-0.1, -0.05) is 35.9 Å². The van der Waals surface area contributed by atoms with Crippen molar-refractivity contribution in [3.8, 4) is 23.0 Å². The summed E-state index contributed by atoms with van der Waals surface area (Å²) in [7, 11) is -8.06. The molecule has 0 unspecified atom stereocenters. The van der Waals surface area contributed by atoms with Crippen LogP contribution in [0.15, 0.2) is 113 Å². The van der Waals surface area contributed by atoms with Crippen LogP contribution in [0.4, 0.5) is 0 Å². The number of carbonyl (C=O) groups excluding carboxylic acids is 2. The molecule has 4 aromatic rings. The molecule has 14 nitrogen and oxygen atoms in total. The van der Waals surface area contributed by atoms with Crippen molar-refractivity contribution in [2.24, 2.45) is 0 Å². The summed E-state index contributed by atoms with van der Waals surface area (Å²) in [5.41, 5.74) is 4.27. The molecule has 0 saturated carbocycles. The van der Waals surface area contributed by atoms with Gasteiger partial charge < -0.3 is 19.3 Å². The van der Waals surface area contributed by atoms with E-state index in [2.05, 4.69) is 9.80 Å². The molecule has 4 N–H and O–H groups in total. The fourth-order valence-electron chi connectivity index (χ4n) is 7.43. The molecule has 2 aliphatic heterocycles. The van der Waals surface area contributed by atoms with Crippen LogP contribution in [0, 0.1) is 6.92 Å². The Bertz CT molecular complexity index is 2240. The molecule has 0 aliphatic carbocycles. The third-order valence-electron chi connectivity index (χ3n) is 11.2. The predicted octanol–water partition coefficient (Wildman–Crippen LogP) is 6.31. The molecule has 59 heavy (non-hydrogen) atoms. The average Bonchev–Trinajstić information content (AvgIpc) is 3.24. The molecule has 0 bridgehead atoms. The lowest BCUT2D eigenvalue weighted by molar-refractivity contribution is -0.134. The van der Waals surface area contributed by atoms with Crippen molar-refractivity contribution >= 4 is 31.5 Å². The third kappa shape index (κ3) is 9.80. The number of hydrogen-bond donors (Lipinski definition) is 4. The van der Waals surface area contributed by atoms with Crippen molar-refractivity contribution < 1.29 is 46.3 Å². The zero-order valence-corrected chi connectivity index (χ0v) is 35.6. The van der Waals surface area contributed by atoms with Crippen molar-refractivity contribution in [3.05, 3.63) is 109 Å². The second-order valence-corrected chi connectivity index (χ2v) is 19.9. The first-order valence-corrected chi connectivity index (χ1v) is 22.5. The number of sulfone groups is 2. The van der Waals surface area contributed by atoms with Crippen molar-refractivity contribution in [1.29, 1.82) is 0 Å². The van der Waals surface area contributed by atoms with Crippen LogP contribution < -0.4 is 20.4 Å². The quantitative estimate of drug-likeness (QED) is 0.0919. The Morgan fingerprint density at radius 3 is 1.15 bits per heavy atom. The van der Waals surface area contributed by atoms with Crippen LogP contribution in [-0.4, -0.2) is 96.6 Å². The number of rotatable bonds is 12. The summed E-state index contributed by atoms with van der Waals surface area (Å²) in [4.78, 5) is 29.3. The summed E-state index contributed by atoms with van der Waals surface area (Å²) in [6, 6.07) is 29.2. The van der Waals surface area contributed by atoms with Crippen LogP contribution in [0.5, 0.6) is 23.0 Å². The minimum atomic E-state index is -4.03. The van der Waals surface area contributed by atoms with Crippen molar-refractivity contribution in [2.45, 2.75) is 91.7 Å². The average molecular weight is 851 g/mol. The van der Waals surface area contributed by atoms with Crippen molar-refractivity contribution in [3.63, 3.8) is 0 Å². The largest absolute Gasteiger partial charge is 0.457 e. The Hall–Kier alpha value is -4.84. The number of aryl methyl sites for hydroxylation is 1. The molecule has 2 heterocycles. The zero-order chi connectivity index (χ0) is 43.0. The molecule has 2 fully saturated rings. The number of amides is 2. The molecule has 2 aliphatic rings. The molecule has 0 radical (unpaired) electrons. The molecule has 0 spiro atoms. The van der Waals surface area contributed by atoms with E-state index in [1.165, 1.54) is 24.3 Å². The van der Waals surface area contributed by atoms with Gasteiger partial charge in [0.25, 0.3) is 11.8 Å². The Balaban J connectivity index is 0.000000224. The normalized spacial score (nSPS) is 17.0. The Morgan fingerprint density at radius 2 is 0.847 bits per heavy atom. The Kier molecular flexibility index (Phi) is 14.6. The highest BCUT2D eigenvalue weighted by Crippen LogP contribution is 2.39. The second kappa shape index (κ2) is 19.0. The van der Waals surface area contributed by atoms with Gasteiger partial charge in [0, 0.05) is 38.3 Å². The minimum absolute atomic E-state index is 0.0273. The van der Waals surface area contributed by atoms with E-state index < -0.39 is 41.0 Å². The van der Waals surface area contributed by atoms with Crippen LogP contribution >= 0.6 is 0 Å². The molecular weight excluding hydrogens is 797 g/mol. The molecule has 4 aromatic carbocycles. The maximum Gasteiger partial charge on any atom is 0.265 e. The summed E-state index contributed by atoms with van der Waals surface area (Å²) in [5.74, 6) is 0.503. The lowest BCUT2D eigenvalue weighted by Crippen LogP contribution is -2.58. The monoisotopic (exact) mass is 850 g/mol. The van der Waals surface area contributed by atoms with Gasteiger partial charge in [-0.3, -0.25) is 20.0 Å². The van der Waals surface area contributed by atoms with Crippen molar-refractivity contribution in [1.82, 2.24) is 20.8 Å². The lowest BCUT2D eigenvalue weighted by atomic mass is 9.94. The summed E-state index contributed by atoms with van der Waals surface area (Å²) in [5, 5.41) is 18.5. The van der Waals surface area contributed by atoms with E-state index in [1.807, 2.05) is 77.1 Å². The fraction of sp³-hybridized carbons (Fsp3) is 0.395. The van der Waals surface area contributed by atoms with Gasteiger partial charge in [-0.2, -0.15) is 0 Å². The van der Waals surface area contributed by atoms with E-state index in [0.717, 1.165) is 5.56 Å². The third-order valence-corrected chi connectivity index (χ3v) is 16.3. The molecule has 2 saturated heterocycles. The zero-order valence-electron chi connectivity index (χ0n) is 34.0. The number of benzene rings is 4. The summed E-state index contributed by atoms with van der Waals surface area (Å²) in [6.45, 7) is 11.9. The number of nitrogens with one attached hydrogen (secondary N) is 2. The number of hydroxylamine groups is 2. The standard InChI is InChI=1S/C22H28N2O5S.C21H26N2O5S/c1-16(2)24-14-12-22(13-15-24,21(25)23-26)30(27,28)20-10-8-19(9-11-20)29-18-6-4-17(3)5-7-18;1-16(2)23-14-12-21(13-15-23,20(24)22-25)29(26,27)19-10-8-18(9-11-19)28-17-6-4-3-5-7-17/h4-11,16,26H,12-15H2,1-3H3,(H,23,25);3-11,16,25H,12-15H2,1-2H3,(H,22,24). The number of likely N-dealkylation sites (tertiary alicyclic amines) is 2. The first-order valence-electron chi connectivity index (χ1n) is 19.5. The van der Waals surface area contributed by atoms with E-state index in [9.17, 15) is 36.8 Å². The molecule has 0 atom stereocenters. The maximum atomic E-state index is 13.5. The van der Waals surface area contributed by atoms with E-state index in [4.69, 9.17) is 9.47 Å². The van der Waals surface area contributed by atoms with E-state index in [-0.39, 0.29) is 47.6 Å². The molecule has 6 rings (SSSR count). The van der Waals surface area contributed by atoms with Gasteiger partial charge >= 0.3 is 0 Å². The predicted molar refractivity (Wildman–Crippen MR) is 222 cm³/mol. The number of hydrogen-bond acceptors (Lipinski definition) is 12. The fourth-order valence-corrected chi connectivity index (χ4v) is 11.3. The summed E-state index contributed by atoms with van der Waals surface area (Å²) in [6.07, 6.45) is 0.452. The maximum absolute atomic E-state index is 13.5. The molecule has 16 heteroatoms. The van der Waals surface area contributed by atoms with E-state index in [1.54, 1.807) is 47.4 Å². The SMILES string of the molecule is CC(C)N1CCC(C(=O)NO)(S(=O)(=O)c2ccc(Oc3ccccc3)cc2)CC1.Cc1ccc(Oc2ccc(S(=O)(=O)C3(C(=O)NO)CCN(C(C)C)CC3)cc2)cc1. The van der Waals surface area contributed by atoms with Crippen LogP contribution in [-0.2, 0) is 29.3 Å². The van der Waals surface area contributed by atoms with Gasteiger partial charge in [-0.15, -0.1) is 0 Å². The first kappa shape index (κ1) is 45.2. The number of nitrogens with zero attached hydrogens (tertiary/aromatic N) is 2. The number of para-hydroxylation sites is 1. The van der Waals surface area contributed by atoms with Crippen LogP contribution in [0.25, 0.3) is 0 Å². The molecule has 318 valence electrons. The van der Waals surface area contributed by atoms with Crippen LogP contribution in [0.1, 0.15) is 58.9 Å². The summed E-state index contributed by atoms with van der Waals surface area (Å²) < 4.78 is 61.8.